The predicted molar refractivity (Wildman–Crippen MR) is 67.1 cm³/mol. The van der Waals surface area contributed by atoms with Gasteiger partial charge in [0.1, 0.15) is 5.69 Å². The molecule has 102 valence electrons. The van der Waals surface area contributed by atoms with Crippen molar-refractivity contribution in [3.05, 3.63) is 33.9 Å². The first-order valence-electron chi connectivity index (χ1n) is 5.27. The maximum absolute atomic E-state index is 11.7. The Hall–Kier alpha value is -2.68. The number of hydrazine groups is 1. The predicted octanol–water partition coefficient (Wildman–Crippen LogP) is -0.514. The molecule has 9 nitrogen and oxygen atoms in total. The molecule has 0 saturated carbocycles. The Balaban J connectivity index is 2.81. The molecule has 0 aromatic heterocycles. The van der Waals surface area contributed by atoms with Gasteiger partial charge in [0.15, 0.2) is 0 Å². The number of carbonyl (C=O) groups is 2. The van der Waals surface area contributed by atoms with Crippen LogP contribution in [0, 0.1) is 10.1 Å². The quantitative estimate of drug-likeness (QED) is 0.309. The summed E-state index contributed by atoms with van der Waals surface area (Å²) in [5.74, 6) is 4.14. The van der Waals surface area contributed by atoms with Crippen LogP contribution in [0.1, 0.15) is 16.8 Å². The molecule has 0 aliphatic carbocycles. The molecule has 0 unspecified atom stereocenters. The van der Waals surface area contributed by atoms with Crippen LogP contribution in [0.4, 0.5) is 11.4 Å². The molecule has 6 N–H and O–H groups in total. The van der Waals surface area contributed by atoms with Crippen LogP contribution < -0.4 is 22.3 Å². The van der Waals surface area contributed by atoms with Crippen molar-refractivity contribution in [1.29, 1.82) is 0 Å². The van der Waals surface area contributed by atoms with Crippen LogP contribution in [0.2, 0.25) is 0 Å². The standard InChI is InChI=1S/C10H13N5O4/c11-9(16)3-4-13-10(17)6-1-2-8(15(18)19)7(5-6)14-12/h1-2,5,14H,3-4,12H2,(H2,11,16)(H,13,17). The second-order valence-electron chi connectivity index (χ2n) is 3.61. The highest BCUT2D eigenvalue weighted by Crippen LogP contribution is 2.24. The number of hydrogen-bond acceptors (Lipinski definition) is 6. The Labute approximate surface area is 108 Å². The molecule has 0 spiro atoms. The summed E-state index contributed by atoms with van der Waals surface area (Å²) in [7, 11) is 0. The van der Waals surface area contributed by atoms with E-state index in [1.54, 1.807) is 0 Å². The summed E-state index contributed by atoms with van der Waals surface area (Å²) in [4.78, 5) is 32.2. The first-order valence-corrected chi connectivity index (χ1v) is 5.27. The van der Waals surface area contributed by atoms with E-state index in [0.717, 1.165) is 6.07 Å². The van der Waals surface area contributed by atoms with Gasteiger partial charge in [0, 0.05) is 24.6 Å². The van der Waals surface area contributed by atoms with Crippen molar-refractivity contribution in [3.8, 4) is 0 Å². The zero-order valence-corrected chi connectivity index (χ0v) is 9.88. The molecule has 0 atom stereocenters. The number of nitro groups is 1. The third-order valence-electron chi connectivity index (χ3n) is 2.27. The van der Waals surface area contributed by atoms with Crippen molar-refractivity contribution in [2.75, 3.05) is 12.0 Å². The minimum atomic E-state index is -0.621. The third-order valence-corrected chi connectivity index (χ3v) is 2.27. The summed E-state index contributed by atoms with van der Waals surface area (Å²) in [5, 5.41) is 13.1. The highest BCUT2D eigenvalue weighted by molar-refractivity contribution is 5.96. The number of anilines is 1. The van der Waals surface area contributed by atoms with E-state index in [0.29, 0.717) is 0 Å². The Morgan fingerprint density at radius 2 is 2.05 bits per heavy atom. The fraction of sp³-hybridized carbons (Fsp3) is 0.200. The van der Waals surface area contributed by atoms with Crippen LogP contribution in [0.15, 0.2) is 18.2 Å². The van der Waals surface area contributed by atoms with Crippen LogP contribution >= 0.6 is 0 Å². The summed E-state index contributed by atoms with van der Waals surface area (Å²) in [6, 6.07) is 3.70. The summed E-state index contributed by atoms with van der Waals surface area (Å²) in [5.41, 5.74) is 7.04. The fourth-order valence-electron chi connectivity index (χ4n) is 1.35. The number of nitro benzene ring substituents is 1. The van der Waals surface area contributed by atoms with Gasteiger partial charge in [-0.1, -0.05) is 0 Å². The van der Waals surface area contributed by atoms with Crippen molar-refractivity contribution in [3.63, 3.8) is 0 Å². The molecule has 19 heavy (non-hydrogen) atoms. The molecule has 0 fully saturated rings. The molecular weight excluding hydrogens is 254 g/mol. The smallest absolute Gasteiger partial charge is 0.293 e. The van der Waals surface area contributed by atoms with Crippen LogP contribution in [0.5, 0.6) is 0 Å². The average molecular weight is 267 g/mol. The Morgan fingerprint density at radius 1 is 1.37 bits per heavy atom. The summed E-state index contributed by atoms with van der Waals surface area (Å²) >= 11 is 0. The van der Waals surface area contributed by atoms with E-state index in [-0.39, 0.29) is 29.9 Å². The monoisotopic (exact) mass is 267 g/mol. The van der Waals surface area contributed by atoms with E-state index in [4.69, 9.17) is 11.6 Å². The topological polar surface area (TPSA) is 153 Å². The van der Waals surface area contributed by atoms with Gasteiger partial charge in [-0.3, -0.25) is 25.5 Å². The molecule has 1 aromatic carbocycles. The van der Waals surface area contributed by atoms with E-state index in [1.807, 2.05) is 0 Å². The SMILES string of the molecule is NNc1cc(C(=O)NCCC(N)=O)ccc1[N+](=O)[O-]. The first-order chi connectivity index (χ1) is 8.95. The number of primary amides is 1. The summed E-state index contributed by atoms with van der Waals surface area (Å²) in [6.07, 6.45) is 0.0146. The molecule has 0 radical (unpaired) electrons. The lowest BCUT2D eigenvalue weighted by Crippen LogP contribution is -2.28. The van der Waals surface area contributed by atoms with E-state index in [2.05, 4.69) is 10.7 Å². The molecule has 1 aromatic rings. The molecule has 1 rings (SSSR count). The van der Waals surface area contributed by atoms with Crippen molar-refractivity contribution >= 4 is 23.2 Å². The number of nitrogens with zero attached hydrogens (tertiary/aromatic N) is 1. The van der Waals surface area contributed by atoms with E-state index in [9.17, 15) is 19.7 Å². The molecule has 0 aliphatic heterocycles. The van der Waals surface area contributed by atoms with Crippen molar-refractivity contribution < 1.29 is 14.5 Å². The molecule has 0 heterocycles. The van der Waals surface area contributed by atoms with E-state index >= 15 is 0 Å². The second-order valence-corrected chi connectivity index (χ2v) is 3.61. The van der Waals surface area contributed by atoms with E-state index < -0.39 is 16.7 Å². The van der Waals surface area contributed by atoms with Gasteiger partial charge in [0.25, 0.3) is 11.6 Å². The average Bonchev–Trinajstić information content (AvgIpc) is 2.37. The van der Waals surface area contributed by atoms with Crippen LogP contribution in [0.25, 0.3) is 0 Å². The van der Waals surface area contributed by atoms with Crippen LogP contribution in [-0.2, 0) is 4.79 Å². The number of rotatable bonds is 6. The van der Waals surface area contributed by atoms with Gasteiger partial charge in [-0.15, -0.1) is 0 Å². The zero-order valence-electron chi connectivity index (χ0n) is 9.88. The second kappa shape index (κ2) is 6.31. The number of nitrogen functional groups attached to an aromatic ring is 1. The number of benzene rings is 1. The number of amides is 2. The van der Waals surface area contributed by atoms with Gasteiger partial charge in [0.05, 0.1) is 4.92 Å². The van der Waals surface area contributed by atoms with Crippen molar-refractivity contribution in [2.24, 2.45) is 11.6 Å². The lowest BCUT2D eigenvalue weighted by molar-refractivity contribution is -0.384. The van der Waals surface area contributed by atoms with Gasteiger partial charge in [-0.05, 0) is 12.1 Å². The maximum atomic E-state index is 11.7. The van der Waals surface area contributed by atoms with E-state index in [1.165, 1.54) is 12.1 Å². The summed E-state index contributed by atoms with van der Waals surface area (Å²) in [6.45, 7) is 0.0938. The number of hydrogen-bond donors (Lipinski definition) is 4. The molecule has 0 saturated heterocycles. The number of nitrogens with two attached hydrogens (primary N) is 2. The number of nitrogens with one attached hydrogen (secondary N) is 2. The number of carbonyl (C=O) groups excluding carboxylic acids is 2. The zero-order chi connectivity index (χ0) is 14.4. The lowest BCUT2D eigenvalue weighted by Gasteiger charge is -2.06. The van der Waals surface area contributed by atoms with Crippen molar-refractivity contribution in [1.82, 2.24) is 5.32 Å². The fourth-order valence-corrected chi connectivity index (χ4v) is 1.35. The Morgan fingerprint density at radius 3 is 2.58 bits per heavy atom. The molecule has 9 heteroatoms. The first kappa shape index (κ1) is 14.4. The molecule has 0 bridgehead atoms. The maximum Gasteiger partial charge on any atom is 0.293 e. The third kappa shape index (κ3) is 3.92. The van der Waals surface area contributed by atoms with Gasteiger partial charge in [0.2, 0.25) is 5.91 Å². The van der Waals surface area contributed by atoms with Gasteiger partial charge in [-0.2, -0.15) is 0 Å². The molecule has 0 aliphatic rings. The molecule has 2 amide bonds. The van der Waals surface area contributed by atoms with Crippen molar-refractivity contribution in [2.45, 2.75) is 6.42 Å². The van der Waals surface area contributed by atoms with Gasteiger partial charge >= 0.3 is 0 Å². The lowest BCUT2D eigenvalue weighted by atomic mass is 10.1. The minimum absolute atomic E-state index is 0.0146. The Bertz CT molecular complexity index is 517. The van der Waals surface area contributed by atoms with Gasteiger partial charge in [-0.25, -0.2) is 0 Å². The summed E-state index contributed by atoms with van der Waals surface area (Å²) < 4.78 is 0. The minimum Gasteiger partial charge on any atom is -0.370 e. The Kier molecular flexibility index (Phi) is 4.77. The van der Waals surface area contributed by atoms with Gasteiger partial charge < -0.3 is 16.5 Å². The highest BCUT2D eigenvalue weighted by atomic mass is 16.6. The molecular formula is C10H13N5O4. The normalized spacial score (nSPS) is 9.74. The van der Waals surface area contributed by atoms with Crippen LogP contribution in [-0.4, -0.2) is 23.3 Å². The highest BCUT2D eigenvalue weighted by Gasteiger charge is 2.15. The largest absolute Gasteiger partial charge is 0.370 e. The van der Waals surface area contributed by atoms with Crippen LogP contribution in [0.3, 0.4) is 0 Å².